The van der Waals surface area contributed by atoms with Gasteiger partial charge < -0.3 is 9.31 Å². The molecule has 0 spiro atoms. The Labute approximate surface area is 106 Å². The van der Waals surface area contributed by atoms with E-state index >= 15 is 0 Å². The van der Waals surface area contributed by atoms with Gasteiger partial charge in [-0.05, 0) is 17.6 Å². The van der Waals surface area contributed by atoms with Crippen LogP contribution in [0.1, 0.15) is 24.2 Å². The predicted octanol–water partition coefficient (Wildman–Crippen LogP) is 1.92. The van der Waals surface area contributed by atoms with Crippen LogP contribution in [-0.2, 0) is 9.31 Å². The third-order valence-electron chi connectivity index (χ3n) is 2.60. The van der Waals surface area contributed by atoms with E-state index in [-0.39, 0.29) is 5.41 Å². The molecule has 0 aliphatic carbocycles. The molecule has 5 heteroatoms. The summed E-state index contributed by atoms with van der Waals surface area (Å²) in [5.74, 6) is 0. The first kappa shape index (κ1) is 12.6. The van der Waals surface area contributed by atoms with E-state index in [4.69, 9.17) is 20.9 Å². The SMILES string of the molecule is CC1(C)COB(c2cc(Cl)cc(C=O)c2)OC1. The van der Waals surface area contributed by atoms with E-state index in [2.05, 4.69) is 13.8 Å². The lowest BCUT2D eigenvalue weighted by Gasteiger charge is -2.33. The molecule has 1 aromatic rings. The molecule has 17 heavy (non-hydrogen) atoms. The summed E-state index contributed by atoms with van der Waals surface area (Å²) < 4.78 is 11.3. The fourth-order valence-electron chi connectivity index (χ4n) is 1.72. The lowest BCUT2D eigenvalue weighted by atomic mass is 9.75. The molecule has 0 bridgehead atoms. The largest absolute Gasteiger partial charge is 0.493 e. The van der Waals surface area contributed by atoms with Crippen LogP contribution >= 0.6 is 11.6 Å². The molecule has 1 aliphatic heterocycles. The van der Waals surface area contributed by atoms with Gasteiger partial charge in [0.2, 0.25) is 0 Å². The van der Waals surface area contributed by atoms with E-state index in [1.807, 2.05) is 0 Å². The molecule has 2 rings (SSSR count). The maximum atomic E-state index is 10.8. The van der Waals surface area contributed by atoms with Gasteiger partial charge in [-0.15, -0.1) is 0 Å². The highest BCUT2D eigenvalue weighted by Crippen LogP contribution is 2.21. The number of carbonyl (C=O) groups is 1. The maximum absolute atomic E-state index is 10.8. The van der Waals surface area contributed by atoms with Gasteiger partial charge in [0.25, 0.3) is 0 Å². The minimum atomic E-state index is -0.430. The standard InChI is InChI=1S/C12H14BClO3/c1-12(2)7-16-13(17-8-12)10-3-9(6-15)4-11(14)5-10/h3-6H,7-8H2,1-2H3. The fraction of sp³-hybridized carbons (Fsp3) is 0.417. The molecule has 0 radical (unpaired) electrons. The van der Waals surface area contributed by atoms with Gasteiger partial charge in [-0.1, -0.05) is 31.5 Å². The summed E-state index contributed by atoms with van der Waals surface area (Å²) in [6.45, 7) is 5.41. The Morgan fingerprint density at radius 3 is 2.53 bits per heavy atom. The van der Waals surface area contributed by atoms with E-state index in [1.54, 1.807) is 18.2 Å². The molecule has 0 aromatic heterocycles. The van der Waals surface area contributed by atoms with E-state index < -0.39 is 7.12 Å². The van der Waals surface area contributed by atoms with Crippen molar-refractivity contribution in [1.29, 1.82) is 0 Å². The summed E-state index contributed by atoms with van der Waals surface area (Å²) in [7, 11) is -0.430. The zero-order valence-corrected chi connectivity index (χ0v) is 10.7. The van der Waals surface area contributed by atoms with Crippen molar-refractivity contribution in [3.05, 3.63) is 28.8 Å². The van der Waals surface area contributed by atoms with Crippen LogP contribution in [0.3, 0.4) is 0 Å². The second kappa shape index (κ2) is 4.80. The number of aldehydes is 1. The Morgan fingerprint density at radius 1 is 1.29 bits per heavy atom. The molecule has 1 heterocycles. The summed E-state index contributed by atoms with van der Waals surface area (Å²) in [5, 5.41) is 0.515. The highest BCUT2D eigenvalue weighted by molar-refractivity contribution is 6.61. The highest BCUT2D eigenvalue weighted by Gasteiger charge is 2.33. The molecule has 0 atom stereocenters. The number of hydrogen-bond acceptors (Lipinski definition) is 3. The molecule has 1 aliphatic rings. The zero-order chi connectivity index (χ0) is 12.5. The van der Waals surface area contributed by atoms with Crippen LogP contribution in [0.5, 0.6) is 0 Å². The van der Waals surface area contributed by atoms with Crippen LogP contribution in [-0.4, -0.2) is 26.6 Å². The Balaban J connectivity index is 2.18. The predicted molar refractivity (Wildman–Crippen MR) is 67.9 cm³/mol. The molecule has 0 saturated carbocycles. The van der Waals surface area contributed by atoms with E-state index in [9.17, 15) is 4.79 Å². The number of halogens is 1. The fourth-order valence-corrected chi connectivity index (χ4v) is 1.98. The van der Waals surface area contributed by atoms with Crippen molar-refractivity contribution in [1.82, 2.24) is 0 Å². The van der Waals surface area contributed by atoms with Gasteiger partial charge >= 0.3 is 7.12 Å². The van der Waals surface area contributed by atoms with Crippen molar-refractivity contribution >= 4 is 30.5 Å². The van der Waals surface area contributed by atoms with Crippen LogP contribution < -0.4 is 5.46 Å². The summed E-state index contributed by atoms with van der Waals surface area (Å²) in [6.07, 6.45) is 0.766. The third-order valence-corrected chi connectivity index (χ3v) is 2.82. The average Bonchev–Trinajstić information content (AvgIpc) is 2.28. The Bertz CT molecular complexity index is 424. The molecule has 0 unspecified atom stereocenters. The van der Waals surface area contributed by atoms with Crippen LogP contribution in [0, 0.1) is 5.41 Å². The van der Waals surface area contributed by atoms with Crippen molar-refractivity contribution in [3.8, 4) is 0 Å². The normalized spacial score (nSPS) is 19.1. The van der Waals surface area contributed by atoms with Crippen molar-refractivity contribution in [2.45, 2.75) is 13.8 Å². The second-order valence-corrected chi connectivity index (χ2v) is 5.49. The molecule has 0 amide bonds. The number of hydrogen-bond donors (Lipinski definition) is 0. The first-order chi connectivity index (χ1) is 8.00. The van der Waals surface area contributed by atoms with Gasteiger partial charge in [0.15, 0.2) is 0 Å². The Morgan fingerprint density at radius 2 is 1.94 bits per heavy atom. The maximum Gasteiger partial charge on any atom is 0.493 e. The summed E-state index contributed by atoms with van der Waals surface area (Å²) in [5.41, 5.74) is 1.35. The molecule has 3 nitrogen and oxygen atoms in total. The topological polar surface area (TPSA) is 35.5 Å². The van der Waals surface area contributed by atoms with Gasteiger partial charge in [0.1, 0.15) is 6.29 Å². The van der Waals surface area contributed by atoms with Crippen molar-refractivity contribution in [2.75, 3.05) is 13.2 Å². The van der Waals surface area contributed by atoms with Crippen molar-refractivity contribution in [2.24, 2.45) is 5.41 Å². The van der Waals surface area contributed by atoms with Crippen LogP contribution in [0.2, 0.25) is 5.02 Å². The van der Waals surface area contributed by atoms with E-state index in [0.29, 0.717) is 23.8 Å². The number of rotatable bonds is 2. The van der Waals surface area contributed by atoms with Gasteiger partial charge in [0, 0.05) is 29.2 Å². The third kappa shape index (κ3) is 3.09. The summed E-state index contributed by atoms with van der Waals surface area (Å²) in [4.78, 5) is 10.8. The molecular weight excluding hydrogens is 238 g/mol. The molecule has 1 fully saturated rings. The smallest absolute Gasteiger partial charge is 0.407 e. The lowest BCUT2D eigenvalue weighted by Crippen LogP contribution is -2.47. The molecule has 1 aromatic carbocycles. The molecular formula is C12H14BClO3. The minimum Gasteiger partial charge on any atom is -0.407 e. The number of benzene rings is 1. The van der Waals surface area contributed by atoms with Crippen molar-refractivity contribution < 1.29 is 14.1 Å². The van der Waals surface area contributed by atoms with Crippen LogP contribution in [0.15, 0.2) is 18.2 Å². The Kier molecular flexibility index (Phi) is 3.57. The van der Waals surface area contributed by atoms with Crippen molar-refractivity contribution in [3.63, 3.8) is 0 Å². The highest BCUT2D eigenvalue weighted by atomic mass is 35.5. The first-order valence-corrected chi connectivity index (χ1v) is 5.87. The average molecular weight is 253 g/mol. The zero-order valence-electron chi connectivity index (χ0n) is 9.90. The summed E-state index contributed by atoms with van der Waals surface area (Å²) in [6, 6.07) is 5.12. The number of carbonyl (C=O) groups excluding carboxylic acids is 1. The lowest BCUT2D eigenvalue weighted by molar-refractivity contribution is 0.0343. The van der Waals surface area contributed by atoms with Crippen LogP contribution in [0.25, 0.3) is 0 Å². The van der Waals surface area contributed by atoms with Gasteiger partial charge in [-0.2, -0.15) is 0 Å². The van der Waals surface area contributed by atoms with Gasteiger partial charge in [-0.3, -0.25) is 4.79 Å². The van der Waals surface area contributed by atoms with Gasteiger partial charge in [-0.25, -0.2) is 0 Å². The molecule has 0 N–H and O–H groups in total. The monoisotopic (exact) mass is 252 g/mol. The molecule has 90 valence electrons. The van der Waals surface area contributed by atoms with Gasteiger partial charge in [0.05, 0.1) is 0 Å². The summed E-state index contributed by atoms with van der Waals surface area (Å²) >= 11 is 5.93. The minimum absolute atomic E-state index is 0.0303. The first-order valence-electron chi connectivity index (χ1n) is 5.49. The quantitative estimate of drug-likeness (QED) is 0.596. The molecule has 1 saturated heterocycles. The second-order valence-electron chi connectivity index (χ2n) is 5.05. The Hall–Kier alpha value is -0.835. The van der Waals surface area contributed by atoms with E-state index in [0.717, 1.165) is 11.7 Å². The van der Waals surface area contributed by atoms with Crippen LogP contribution in [0.4, 0.5) is 0 Å². The van der Waals surface area contributed by atoms with E-state index in [1.165, 1.54) is 0 Å².